The molecule has 5 heterocycles. The minimum atomic E-state index is -1.35. The molecule has 2 spiro atoms. The summed E-state index contributed by atoms with van der Waals surface area (Å²) in [6.07, 6.45) is 8.30. The predicted octanol–water partition coefficient (Wildman–Crippen LogP) is 7.95. The van der Waals surface area contributed by atoms with Crippen LogP contribution in [-0.2, 0) is 38.1 Å². The van der Waals surface area contributed by atoms with Crippen molar-refractivity contribution >= 4 is 29.1 Å². The molecule has 3 N–H and O–H groups in total. The summed E-state index contributed by atoms with van der Waals surface area (Å²) in [7, 11) is 0. The highest BCUT2D eigenvalue weighted by Gasteiger charge is 2.63. The molecule has 58 heavy (non-hydrogen) atoms. The lowest BCUT2D eigenvalue weighted by atomic mass is 9.72. The van der Waals surface area contributed by atoms with E-state index in [1.165, 1.54) is 5.54 Å². The van der Waals surface area contributed by atoms with Gasteiger partial charge >= 0.3 is 5.97 Å². The van der Waals surface area contributed by atoms with Gasteiger partial charge in [-0.15, -0.1) is 0 Å². The van der Waals surface area contributed by atoms with Gasteiger partial charge in [0.15, 0.2) is 5.79 Å². The average Bonchev–Trinajstić information content (AvgIpc) is 3.53. The number of rotatable bonds is 15. The van der Waals surface area contributed by atoms with Gasteiger partial charge in [0.1, 0.15) is 18.1 Å². The van der Waals surface area contributed by atoms with E-state index >= 15 is 0 Å². The fraction of sp³-hybridized carbons (Fsp3) is 0.844. The smallest absolute Gasteiger partial charge is 0.309 e. The second-order valence-corrected chi connectivity index (χ2v) is 18.8. The van der Waals surface area contributed by atoms with Gasteiger partial charge < -0.3 is 43.8 Å². The van der Waals surface area contributed by atoms with E-state index in [-0.39, 0.29) is 48.5 Å². The Labute approximate surface area is 351 Å². The number of carboxylic acids is 1. The highest BCUT2D eigenvalue weighted by atomic mass is 35.5. The number of carbonyl (C=O) groups is 2. The molecule has 0 aromatic rings. The van der Waals surface area contributed by atoms with Gasteiger partial charge in [0, 0.05) is 35.6 Å². The maximum Gasteiger partial charge on any atom is 0.309 e. The fourth-order valence-corrected chi connectivity index (χ4v) is 10.7. The van der Waals surface area contributed by atoms with Crippen molar-refractivity contribution in [1.29, 1.82) is 0 Å². The van der Waals surface area contributed by atoms with Crippen LogP contribution in [0, 0.1) is 41.4 Å². The molecule has 5 aliphatic heterocycles. The van der Waals surface area contributed by atoms with Gasteiger partial charge in [-0.1, -0.05) is 72.1 Å². The van der Waals surface area contributed by atoms with Crippen molar-refractivity contribution in [3.63, 3.8) is 0 Å². The van der Waals surface area contributed by atoms with Crippen molar-refractivity contribution in [1.82, 2.24) is 0 Å². The molecule has 0 aliphatic carbocycles. The Hall–Kier alpha value is -1.90. The lowest BCUT2D eigenvalue weighted by molar-refractivity contribution is -0.371. The molecule has 13 heteroatoms. The minimum absolute atomic E-state index is 0.00126. The SMILES string of the molecule is CCC(C(=O)O)[C@H]1CC[C@H](C)[C@H]([C@@H](C)[C@H](O)[C@H](C)C(=O)[C@H](CC)[C@H]2O[C@]3(C=C/C(=N\OC/C=C/Cl)[C@]4(CC[C@@](C)([C@H]5CC[C@](O)(CC)[C@H](C)O5)O4)O3)[C@H](C)C[C@@H]2C)O1. The Morgan fingerprint density at radius 1 is 0.983 bits per heavy atom. The van der Waals surface area contributed by atoms with Crippen LogP contribution in [-0.4, -0.2) is 98.8 Å². The molecule has 1 unspecified atom stereocenters. The molecule has 0 saturated carbocycles. The van der Waals surface area contributed by atoms with Gasteiger partial charge in [-0.25, -0.2) is 0 Å². The number of ether oxygens (including phenoxy) is 5. The Bertz CT molecular complexity index is 1520. The first-order valence-electron chi connectivity index (χ1n) is 22.1. The summed E-state index contributed by atoms with van der Waals surface area (Å²) in [5, 5.41) is 37.3. The van der Waals surface area contributed by atoms with Crippen molar-refractivity contribution in [2.45, 2.75) is 193 Å². The van der Waals surface area contributed by atoms with Gasteiger partial charge in [0.2, 0.25) is 5.79 Å². The van der Waals surface area contributed by atoms with Crippen LogP contribution in [0.2, 0.25) is 0 Å². The van der Waals surface area contributed by atoms with Gasteiger partial charge in [0.05, 0.1) is 53.7 Å². The van der Waals surface area contributed by atoms with E-state index in [1.807, 2.05) is 53.7 Å². The number of carbonyl (C=O) groups excluding carboxylic acids is 1. The van der Waals surface area contributed by atoms with Crippen molar-refractivity contribution < 1.29 is 53.4 Å². The second-order valence-electron chi connectivity index (χ2n) is 18.5. The molecule has 0 radical (unpaired) electrons. The van der Waals surface area contributed by atoms with Crippen molar-refractivity contribution in [2.75, 3.05) is 6.61 Å². The molecular weight excluding hydrogens is 766 g/mol. The first kappa shape index (κ1) is 47.2. The molecule has 4 fully saturated rings. The van der Waals surface area contributed by atoms with Gasteiger partial charge in [-0.3, -0.25) is 9.59 Å². The maximum atomic E-state index is 14.6. The zero-order valence-corrected chi connectivity index (χ0v) is 37.3. The molecule has 0 aromatic heterocycles. The summed E-state index contributed by atoms with van der Waals surface area (Å²) < 4.78 is 34.2. The summed E-state index contributed by atoms with van der Waals surface area (Å²) in [5.74, 6) is -5.87. The summed E-state index contributed by atoms with van der Waals surface area (Å²) >= 11 is 5.75. The van der Waals surface area contributed by atoms with E-state index in [0.717, 1.165) is 6.42 Å². The third-order valence-electron chi connectivity index (χ3n) is 14.7. The van der Waals surface area contributed by atoms with E-state index in [1.54, 1.807) is 13.0 Å². The van der Waals surface area contributed by atoms with Crippen LogP contribution in [0.4, 0.5) is 0 Å². The Morgan fingerprint density at radius 3 is 2.31 bits per heavy atom. The van der Waals surface area contributed by atoms with Crippen molar-refractivity contribution in [3.8, 4) is 0 Å². The number of ketones is 1. The first-order chi connectivity index (χ1) is 27.3. The highest BCUT2D eigenvalue weighted by molar-refractivity contribution is 6.25. The van der Waals surface area contributed by atoms with Gasteiger partial charge in [-0.2, -0.15) is 0 Å². The number of hydrogen-bond donors (Lipinski definition) is 3. The average molecular weight is 839 g/mol. The number of aliphatic hydroxyl groups is 2. The highest BCUT2D eigenvalue weighted by Crippen LogP contribution is 2.53. The van der Waals surface area contributed by atoms with Gasteiger partial charge in [0.25, 0.3) is 0 Å². The molecule has 0 aromatic carbocycles. The lowest BCUT2D eigenvalue weighted by Crippen LogP contribution is -2.62. The van der Waals surface area contributed by atoms with Gasteiger partial charge in [-0.05, 0) is 102 Å². The number of Topliss-reactive ketones (excluding diaryl/α,β-unsaturated/α-hetero) is 1. The quantitative estimate of drug-likeness (QED) is 0.108. The molecular formula is C45H72ClNO11. The molecule has 17 atom stereocenters. The fourth-order valence-electron chi connectivity index (χ4n) is 10.7. The largest absolute Gasteiger partial charge is 0.481 e. The summed E-state index contributed by atoms with van der Waals surface area (Å²) in [4.78, 5) is 32.2. The number of aliphatic carboxylic acids is 1. The second kappa shape index (κ2) is 19.0. The number of hydrogen-bond acceptors (Lipinski definition) is 11. The number of aliphatic hydroxyl groups excluding tert-OH is 1. The molecule has 5 aliphatic rings. The molecule has 5 rings (SSSR count). The van der Waals surface area contributed by atoms with E-state index in [9.17, 15) is 24.9 Å². The molecule has 330 valence electrons. The van der Waals surface area contributed by atoms with Crippen molar-refractivity contribution in [3.05, 3.63) is 23.8 Å². The van der Waals surface area contributed by atoms with E-state index < -0.39 is 70.7 Å². The molecule has 4 saturated heterocycles. The summed E-state index contributed by atoms with van der Waals surface area (Å²) in [6, 6.07) is 0. The van der Waals surface area contributed by atoms with E-state index in [0.29, 0.717) is 63.5 Å². The van der Waals surface area contributed by atoms with Crippen LogP contribution in [0.1, 0.15) is 133 Å². The summed E-state index contributed by atoms with van der Waals surface area (Å²) in [5.41, 5.74) is 0.156. The maximum absolute atomic E-state index is 14.6. The van der Waals surface area contributed by atoms with Crippen LogP contribution in [0.3, 0.4) is 0 Å². The number of oxime groups is 1. The number of nitrogens with zero attached hydrogens (tertiary/aromatic N) is 1. The summed E-state index contributed by atoms with van der Waals surface area (Å²) in [6.45, 7) is 19.9. The van der Waals surface area contributed by atoms with Crippen molar-refractivity contribution in [2.24, 2.45) is 46.6 Å². The van der Waals surface area contributed by atoms with Crippen LogP contribution in [0.15, 0.2) is 28.9 Å². The van der Waals surface area contributed by atoms with Crippen LogP contribution >= 0.6 is 11.6 Å². The topological polar surface area (TPSA) is 163 Å². The zero-order valence-electron chi connectivity index (χ0n) is 36.5. The zero-order chi connectivity index (χ0) is 42.8. The van der Waals surface area contributed by atoms with E-state index in [2.05, 4.69) is 25.9 Å². The number of carboxylic acid groups (broad SMARTS) is 1. The first-order valence-corrected chi connectivity index (χ1v) is 22.5. The minimum Gasteiger partial charge on any atom is -0.481 e. The lowest BCUT2D eigenvalue weighted by Gasteiger charge is -2.53. The monoisotopic (exact) mass is 837 g/mol. The third kappa shape index (κ3) is 9.30. The Balaban J connectivity index is 1.38. The van der Waals surface area contributed by atoms with E-state index in [4.69, 9.17) is 40.1 Å². The van der Waals surface area contributed by atoms with Crippen LogP contribution in [0.25, 0.3) is 0 Å². The molecule has 12 nitrogen and oxygen atoms in total. The Morgan fingerprint density at radius 2 is 1.69 bits per heavy atom. The Kier molecular flexibility index (Phi) is 15.5. The van der Waals surface area contributed by atoms with Crippen LogP contribution in [0.5, 0.6) is 0 Å². The molecule has 0 bridgehead atoms. The van der Waals surface area contributed by atoms with Crippen LogP contribution < -0.4 is 0 Å². The normalized spacial score (nSPS) is 42.7. The number of halogens is 1. The third-order valence-corrected chi connectivity index (χ3v) is 14.9. The predicted molar refractivity (Wildman–Crippen MR) is 221 cm³/mol. The molecule has 0 amide bonds. The standard InChI is InChI=1S/C45H72ClNO11/c1-11-32(41(50)51)34-16-15-26(4)39(55-34)30(8)37(48)29(7)38(49)33(12-2)40-27(5)25-28(6)44(56-40)20-17-35(47-53-24-14-23-46)45(58-44)22-21-42(10,57-45)36-18-19-43(52,13-3)31(9)54-36/h14,17,20,23,26-34,36-37,39-40,48,52H,11-13,15-16,18-19,21-22,24-25H2,1-10H3,(H,50,51)/b23-14+,47-35+/t26-,27-,28+,29-,30-,31-,32?,33-,34+,36+,37+,39+,40-,42-,43+,44-,45-/m0/s1.